The number of carbonyl (C=O) groups is 3. The van der Waals surface area contributed by atoms with Crippen LogP contribution < -0.4 is 26.0 Å². The Morgan fingerprint density at radius 2 is 1.25 bits per heavy atom. The second kappa shape index (κ2) is 22.9. The Kier molecular flexibility index (Phi) is 15.9. The van der Waals surface area contributed by atoms with Gasteiger partial charge >= 0.3 is 6.09 Å². The minimum atomic E-state index is -0.977. The standard InChI is InChI=1S/C58H57FN4O6/c1-68-48-33-27-45(28-34-48)58(43-14-4-2-5-15-43,44-16-6-3-7-17-44)63-54(56(66)62-47-31-23-40(38-64)24-32-47)22-12-13-35-60-55(65)36-42(41-25-29-46(59)30-26-41)37-61-57(67)69-39-53-51-20-10-8-18-49(51)50-19-9-11-21-52(50)53/h2-11,14-21,23-34,42,53-54,63-64H,12-13,22,35-39H2,1H3,(H,60,65)(H,61,67)(H,62,66)/t42-,54+/m1/s1. The van der Waals surface area contributed by atoms with Gasteiger partial charge in [-0.1, -0.05) is 146 Å². The number of rotatable bonds is 21. The number of halogens is 1. The molecule has 8 rings (SSSR count). The molecule has 2 atom stereocenters. The van der Waals surface area contributed by atoms with Gasteiger partial charge in [0, 0.05) is 37.0 Å². The number of hydrogen-bond donors (Lipinski definition) is 5. The van der Waals surface area contributed by atoms with Crippen molar-refractivity contribution in [3.05, 3.63) is 227 Å². The van der Waals surface area contributed by atoms with Crippen molar-refractivity contribution in [3.63, 3.8) is 0 Å². The Morgan fingerprint density at radius 1 is 0.667 bits per heavy atom. The molecule has 0 bridgehead atoms. The molecule has 352 valence electrons. The van der Waals surface area contributed by atoms with Gasteiger partial charge in [0.1, 0.15) is 18.2 Å². The van der Waals surface area contributed by atoms with Gasteiger partial charge in [-0.3, -0.25) is 14.9 Å². The van der Waals surface area contributed by atoms with Crippen LogP contribution in [0.25, 0.3) is 11.1 Å². The van der Waals surface area contributed by atoms with Gasteiger partial charge in [0.2, 0.25) is 11.8 Å². The number of nitrogens with one attached hydrogen (secondary N) is 4. The van der Waals surface area contributed by atoms with E-state index in [0.717, 1.165) is 44.5 Å². The van der Waals surface area contributed by atoms with Crippen molar-refractivity contribution in [2.24, 2.45) is 0 Å². The number of hydrogen-bond acceptors (Lipinski definition) is 7. The van der Waals surface area contributed by atoms with Crippen LogP contribution in [0.2, 0.25) is 0 Å². The zero-order valence-electron chi connectivity index (χ0n) is 38.6. The topological polar surface area (TPSA) is 138 Å². The van der Waals surface area contributed by atoms with Crippen molar-refractivity contribution < 1.29 is 33.4 Å². The lowest BCUT2D eigenvalue weighted by atomic mass is 9.76. The molecule has 7 aromatic carbocycles. The molecule has 1 aliphatic carbocycles. The maximum absolute atomic E-state index is 14.5. The number of methoxy groups -OCH3 is 1. The fourth-order valence-electron chi connectivity index (χ4n) is 9.32. The number of alkyl carbamates (subject to hydrolysis) is 1. The Balaban J connectivity index is 0.937. The molecule has 11 heteroatoms. The summed E-state index contributed by atoms with van der Waals surface area (Å²) in [5.74, 6) is -0.739. The molecular weight excluding hydrogens is 868 g/mol. The zero-order valence-corrected chi connectivity index (χ0v) is 38.6. The molecule has 0 saturated heterocycles. The maximum Gasteiger partial charge on any atom is 0.407 e. The van der Waals surface area contributed by atoms with Gasteiger partial charge in [0.05, 0.1) is 25.3 Å². The number of aliphatic hydroxyl groups is 1. The Labute approximate surface area is 402 Å². The first-order valence-corrected chi connectivity index (χ1v) is 23.4. The number of fused-ring (bicyclic) bond motifs is 3. The molecule has 0 spiro atoms. The fourth-order valence-corrected chi connectivity index (χ4v) is 9.32. The number of anilines is 1. The van der Waals surface area contributed by atoms with Gasteiger partial charge < -0.3 is 30.5 Å². The summed E-state index contributed by atoms with van der Waals surface area (Å²) in [6.45, 7) is 0.475. The predicted molar refractivity (Wildman–Crippen MR) is 267 cm³/mol. The molecule has 0 fully saturated rings. The lowest BCUT2D eigenvalue weighted by Crippen LogP contribution is -2.54. The van der Waals surface area contributed by atoms with E-state index in [-0.39, 0.29) is 43.9 Å². The quantitative estimate of drug-likeness (QED) is 0.0357. The highest BCUT2D eigenvalue weighted by Crippen LogP contribution is 2.44. The monoisotopic (exact) mass is 924 g/mol. The van der Waals surface area contributed by atoms with Crippen LogP contribution >= 0.6 is 0 Å². The maximum atomic E-state index is 14.5. The highest BCUT2D eigenvalue weighted by molar-refractivity contribution is 5.95. The summed E-state index contributed by atoms with van der Waals surface area (Å²) in [5.41, 5.74) is 8.29. The van der Waals surface area contributed by atoms with Crippen LogP contribution in [0.5, 0.6) is 5.75 Å². The number of ether oxygens (including phenoxy) is 2. The van der Waals surface area contributed by atoms with E-state index in [2.05, 4.69) is 69.8 Å². The van der Waals surface area contributed by atoms with Gasteiger partial charge in [-0.25, -0.2) is 9.18 Å². The van der Waals surface area contributed by atoms with E-state index >= 15 is 0 Å². The largest absolute Gasteiger partial charge is 0.497 e. The molecule has 0 saturated carbocycles. The number of aliphatic hydroxyl groups excluding tert-OH is 1. The molecular formula is C58H57FN4O6. The third kappa shape index (κ3) is 11.6. The summed E-state index contributed by atoms with van der Waals surface area (Å²) in [4.78, 5) is 41.3. The average molecular weight is 925 g/mol. The van der Waals surface area contributed by atoms with E-state index in [4.69, 9.17) is 9.47 Å². The van der Waals surface area contributed by atoms with Gasteiger partial charge in [-0.15, -0.1) is 0 Å². The average Bonchev–Trinajstić information content (AvgIpc) is 3.72. The smallest absolute Gasteiger partial charge is 0.407 e. The number of carbonyl (C=O) groups excluding carboxylic acids is 3. The van der Waals surface area contributed by atoms with Crippen molar-refractivity contribution in [2.75, 3.05) is 32.1 Å². The highest BCUT2D eigenvalue weighted by atomic mass is 19.1. The summed E-state index contributed by atoms with van der Waals surface area (Å²) < 4.78 is 25.3. The van der Waals surface area contributed by atoms with Crippen LogP contribution in [-0.4, -0.2) is 55.9 Å². The summed E-state index contributed by atoms with van der Waals surface area (Å²) in [5, 5.41) is 22.5. The summed E-state index contributed by atoms with van der Waals surface area (Å²) >= 11 is 0. The van der Waals surface area contributed by atoms with Crippen LogP contribution in [0.15, 0.2) is 182 Å². The van der Waals surface area contributed by atoms with E-state index in [1.807, 2.05) is 84.9 Å². The zero-order chi connectivity index (χ0) is 48.0. The highest BCUT2D eigenvalue weighted by Gasteiger charge is 2.40. The van der Waals surface area contributed by atoms with Crippen molar-refractivity contribution in [2.45, 2.75) is 55.7 Å². The third-order valence-corrected chi connectivity index (χ3v) is 12.9. The number of unbranched alkanes of at least 4 members (excludes halogenated alkanes) is 1. The Morgan fingerprint density at radius 3 is 1.84 bits per heavy atom. The van der Waals surface area contributed by atoms with E-state index in [9.17, 15) is 23.9 Å². The number of amides is 3. The van der Waals surface area contributed by atoms with Crippen molar-refractivity contribution in [1.82, 2.24) is 16.0 Å². The van der Waals surface area contributed by atoms with E-state index < -0.39 is 29.4 Å². The lowest BCUT2D eigenvalue weighted by molar-refractivity contribution is -0.121. The van der Waals surface area contributed by atoms with Gasteiger partial charge in [0.15, 0.2) is 0 Å². The molecule has 0 aliphatic heterocycles. The fraction of sp³-hybridized carbons (Fsp3) is 0.224. The van der Waals surface area contributed by atoms with Crippen LogP contribution in [0.4, 0.5) is 14.9 Å². The van der Waals surface area contributed by atoms with Gasteiger partial charge in [0.25, 0.3) is 0 Å². The molecule has 10 nitrogen and oxygen atoms in total. The van der Waals surface area contributed by atoms with Crippen molar-refractivity contribution in [1.29, 1.82) is 0 Å². The molecule has 5 N–H and O–H groups in total. The molecule has 0 heterocycles. The van der Waals surface area contributed by atoms with Crippen LogP contribution in [0.1, 0.15) is 76.5 Å². The first-order valence-electron chi connectivity index (χ1n) is 23.4. The summed E-state index contributed by atoms with van der Waals surface area (Å²) in [6.07, 6.45) is 0.982. The number of benzene rings is 7. The normalized spacial score (nSPS) is 12.8. The Hall–Kier alpha value is -7.60. The second-order valence-electron chi connectivity index (χ2n) is 17.3. The first kappa shape index (κ1) is 47.9. The van der Waals surface area contributed by atoms with Gasteiger partial charge in [-0.05, 0) is 106 Å². The molecule has 0 aromatic heterocycles. The second-order valence-corrected chi connectivity index (χ2v) is 17.3. The molecule has 3 amide bonds. The van der Waals surface area contributed by atoms with Crippen molar-refractivity contribution >= 4 is 23.6 Å². The van der Waals surface area contributed by atoms with Crippen LogP contribution in [0, 0.1) is 5.82 Å². The third-order valence-electron chi connectivity index (χ3n) is 12.9. The summed E-state index contributed by atoms with van der Waals surface area (Å²) in [7, 11) is 1.63. The molecule has 1 aliphatic rings. The van der Waals surface area contributed by atoms with Crippen molar-refractivity contribution in [3.8, 4) is 16.9 Å². The predicted octanol–water partition coefficient (Wildman–Crippen LogP) is 10.2. The van der Waals surface area contributed by atoms with Crippen LogP contribution in [-0.2, 0) is 26.5 Å². The van der Waals surface area contributed by atoms with E-state index in [1.54, 1.807) is 43.5 Å². The molecule has 7 aromatic rings. The van der Waals surface area contributed by atoms with E-state index in [1.165, 1.54) is 12.1 Å². The van der Waals surface area contributed by atoms with Crippen LogP contribution in [0.3, 0.4) is 0 Å². The molecule has 0 radical (unpaired) electrons. The SMILES string of the molecule is COc1ccc(C(N[C@@H](CCCCNC(=O)C[C@H](CNC(=O)OCC2c3ccccc3-c3ccccc32)c2ccc(F)cc2)C(=O)Nc2ccc(CO)cc2)(c2ccccc2)c2ccccc2)cc1. The lowest BCUT2D eigenvalue weighted by Gasteiger charge is -2.40. The first-order chi connectivity index (χ1) is 33.7. The minimum Gasteiger partial charge on any atom is -0.497 e. The molecule has 69 heavy (non-hydrogen) atoms. The van der Waals surface area contributed by atoms with Gasteiger partial charge in [-0.2, -0.15) is 0 Å². The minimum absolute atomic E-state index is 0.0372. The molecule has 0 unspecified atom stereocenters. The Bertz CT molecular complexity index is 2700. The summed E-state index contributed by atoms with van der Waals surface area (Å²) in [6, 6.07) is 56.5. The van der Waals surface area contributed by atoms with E-state index in [0.29, 0.717) is 42.8 Å².